The maximum absolute atomic E-state index is 12.2. The topological polar surface area (TPSA) is 44.9 Å². The van der Waals surface area contributed by atoms with E-state index in [1.807, 2.05) is 6.07 Å². The van der Waals surface area contributed by atoms with E-state index in [2.05, 4.69) is 35.4 Å². The van der Waals surface area contributed by atoms with E-state index in [0.717, 1.165) is 22.9 Å². The van der Waals surface area contributed by atoms with Crippen molar-refractivity contribution in [2.75, 3.05) is 0 Å². The number of pyridine rings is 1. The van der Waals surface area contributed by atoms with Gasteiger partial charge in [-0.3, -0.25) is 4.79 Å². The van der Waals surface area contributed by atoms with Crippen LogP contribution in [0.3, 0.4) is 0 Å². The molecule has 1 aliphatic rings. The Morgan fingerprint density at radius 3 is 2.76 bits per heavy atom. The third-order valence-corrected chi connectivity index (χ3v) is 4.58. The normalized spacial score (nSPS) is 16.4. The maximum atomic E-state index is 12.2. The van der Waals surface area contributed by atoms with Gasteiger partial charge in [-0.25, -0.2) is 0 Å². The molecule has 3 nitrogen and oxygen atoms in total. The second-order valence-corrected chi connectivity index (χ2v) is 6.11. The Morgan fingerprint density at radius 2 is 2.00 bits per heavy atom. The summed E-state index contributed by atoms with van der Waals surface area (Å²) in [6.45, 7) is 2.80. The number of benzene rings is 1. The van der Waals surface area contributed by atoms with Crippen LogP contribution >= 0.6 is 0 Å². The zero-order chi connectivity index (χ0) is 14.7. The first-order chi connectivity index (χ1) is 10.3. The number of aromatic nitrogens is 1. The zero-order valence-electron chi connectivity index (χ0n) is 12.7. The maximum Gasteiger partial charge on any atom is 0.252 e. The van der Waals surface area contributed by atoms with E-state index in [-0.39, 0.29) is 5.56 Å². The molecule has 0 amide bonds. The molecule has 2 N–H and O–H groups in total. The SMILES string of the molecule is CCc1ccc2cc(CNC3CCCCC3)c(=O)[nH]c2c1. The lowest BCUT2D eigenvalue weighted by molar-refractivity contribution is 0.372. The standard InChI is InChI=1S/C18H24N2O/c1-2-13-8-9-14-11-15(18(21)20-17(14)10-13)12-19-16-6-4-3-5-7-16/h8-11,16,19H,2-7,12H2,1H3,(H,20,21). The van der Waals surface area contributed by atoms with Gasteiger partial charge in [0.15, 0.2) is 0 Å². The van der Waals surface area contributed by atoms with E-state index in [0.29, 0.717) is 12.6 Å². The Bertz CT molecular complexity index is 668. The van der Waals surface area contributed by atoms with Gasteiger partial charge in [0, 0.05) is 23.7 Å². The molecule has 1 saturated carbocycles. The summed E-state index contributed by atoms with van der Waals surface area (Å²) in [4.78, 5) is 15.2. The second kappa shape index (κ2) is 6.44. The third-order valence-electron chi connectivity index (χ3n) is 4.58. The summed E-state index contributed by atoms with van der Waals surface area (Å²) >= 11 is 0. The van der Waals surface area contributed by atoms with Crippen molar-refractivity contribution in [3.05, 3.63) is 45.7 Å². The van der Waals surface area contributed by atoms with Crippen LogP contribution in [0.1, 0.15) is 50.2 Å². The van der Waals surface area contributed by atoms with Crippen LogP contribution in [0.4, 0.5) is 0 Å². The minimum absolute atomic E-state index is 0.0408. The van der Waals surface area contributed by atoms with Gasteiger partial charge in [0.2, 0.25) is 0 Å². The zero-order valence-corrected chi connectivity index (χ0v) is 12.7. The number of aromatic amines is 1. The van der Waals surface area contributed by atoms with Crippen molar-refractivity contribution in [3.8, 4) is 0 Å². The molecule has 0 atom stereocenters. The van der Waals surface area contributed by atoms with Crippen LogP contribution in [0, 0.1) is 0 Å². The lowest BCUT2D eigenvalue weighted by atomic mass is 9.95. The Labute approximate surface area is 125 Å². The van der Waals surface area contributed by atoms with E-state index >= 15 is 0 Å². The summed E-state index contributed by atoms with van der Waals surface area (Å²) in [6, 6.07) is 8.93. The summed E-state index contributed by atoms with van der Waals surface area (Å²) in [6.07, 6.45) is 7.45. The molecule has 0 saturated heterocycles. The van der Waals surface area contributed by atoms with Crippen LogP contribution in [-0.4, -0.2) is 11.0 Å². The van der Waals surface area contributed by atoms with E-state index in [4.69, 9.17) is 0 Å². The van der Waals surface area contributed by atoms with Crippen LogP contribution in [0.25, 0.3) is 10.9 Å². The molecule has 21 heavy (non-hydrogen) atoms. The van der Waals surface area contributed by atoms with E-state index < -0.39 is 0 Å². The van der Waals surface area contributed by atoms with Crippen molar-refractivity contribution in [3.63, 3.8) is 0 Å². The highest BCUT2D eigenvalue weighted by molar-refractivity contribution is 5.79. The molecule has 0 aliphatic heterocycles. The Kier molecular flexibility index (Phi) is 4.39. The first-order valence-corrected chi connectivity index (χ1v) is 8.14. The van der Waals surface area contributed by atoms with Gasteiger partial charge in [-0.15, -0.1) is 0 Å². The van der Waals surface area contributed by atoms with Gasteiger partial charge in [0.1, 0.15) is 0 Å². The molecule has 1 heterocycles. The quantitative estimate of drug-likeness (QED) is 0.902. The Balaban J connectivity index is 1.78. The molecule has 0 unspecified atom stereocenters. The van der Waals surface area contributed by atoms with Crippen LogP contribution in [0.2, 0.25) is 0 Å². The number of H-pyrrole nitrogens is 1. The molecule has 1 fully saturated rings. The van der Waals surface area contributed by atoms with E-state index in [9.17, 15) is 4.79 Å². The van der Waals surface area contributed by atoms with Crippen LogP contribution in [0.5, 0.6) is 0 Å². The summed E-state index contributed by atoms with van der Waals surface area (Å²) in [5.41, 5.74) is 3.09. The van der Waals surface area contributed by atoms with Crippen LogP contribution in [-0.2, 0) is 13.0 Å². The van der Waals surface area contributed by atoms with Gasteiger partial charge in [-0.1, -0.05) is 38.3 Å². The Hall–Kier alpha value is -1.61. The summed E-state index contributed by atoms with van der Waals surface area (Å²) < 4.78 is 0. The van der Waals surface area contributed by atoms with Gasteiger partial charge >= 0.3 is 0 Å². The number of hydrogen-bond acceptors (Lipinski definition) is 2. The number of hydrogen-bond donors (Lipinski definition) is 2. The number of rotatable bonds is 4. The fourth-order valence-corrected chi connectivity index (χ4v) is 3.21. The smallest absolute Gasteiger partial charge is 0.252 e. The van der Waals surface area contributed by atoms with Gasteiger partial charge in [0.25, 0.3) is 5.56 Å². The van der Waals surface area contributed by atoms with Crippen molar-refractivity contribution in [1.82, 2.24) is 10.3 Å². The van der Waals surface area contributed by atoms with E-state index in [1.54, 1.807) is 0 Å². The van der Waals surface area contributed by atoms with Crippen molar-refractivity contribution in [1.29, 1.82) is 0 Å². The van der Waals surface area contributed by atoms with Gasteiger partial charge in [0.05, 0.1) is 0 Å². The second-order valence-electron chi connectivity index (χ2n) is 6.11. The van der Waals surface area contributed by atoms with Crippen LogP contribution < -0.4 is 10.9 Å². The monoisotopic (exact) mass is 284 g/mol. The molecule has 0 spiro atoms. The van der Waals surface area contributed by atoms with E-state index in [1.165, 1.54) is 37.7 Å². The van der Waals surface area contributed by atoms with Gasteiger partial charge in [-0.2, -0.15) is 0 Å². The minimum Gasteiger partial charge on any atom is -0.322 e. The highest BCUT2D eigenvalue weighted by Crippen LogP contribution is 2.18. The summed E-state index contributed by atoms with van der Waals surface area (Å²) in [7, 11) is 0. The first-order valence-electron chi connectivity index (χ1n) is 8.14. The van der Waals surface area contributed by atoms with Gasteiger partial charge < -0.3 is 10.3 Å². The average molecular weight is 284 g/mol. The molecule has 2 aromatic rings. The predicted molar refractivity (Wildman–Crippen MR) is 87.7 cm³/mol. The fourth-order valence-electron chi connectivity index (χ4n) is 3.21. The average Bonchev–Trinajstić information content (AvgIpc) is 2.53. The lowest BCUT2D eigenvalue weighted by Gasteiger charge is -2.22. The minimum atomic E-state index is 0.0408. The molecular weight excluding hydrogens is 260 g/mol. The summed E-state index contributed by atoms with van der Waals surface area (Å²) in [5.74, 6) is 0. The molecule has 1 aromatic heterocycles. The number of aryl methyl sites for hydroxylation is 1. The molecule has 1 aromatic carbocycles. The molecule has 0 radical (unpaired) electrons. The van der Waals surface area contributed by atoms with Crippen LogP contribution in [0.15, 0.2) is 29.1 Å². The largest absolute Gasteiger partial charge is 0.322 e. The molecule has 3 rings (SSSR count). The highest BCUT2D eigenvalue weighted by atomic mass is 16.1. The third kappa shape index (κ3) is 3.35. The van der Waals surface area contributed by atoms with Gasteiger partial charge in [-0.05, 0) is 42.3 Å². The first kappa shape index (κ1) is 14.3. The molecular formula is C18H24N2O. The lowest BCUT2D eigenvalue weighted by Crippen LogP contribution is -2.32. The van der Waals surface area contributed by atoms with Crippen molar-refractivity contribution < 1.29 is 0 Å². The molecule has 112 valence electrons. The number of nitrogens with one attached hydrogen (secondary N) is 2. The van der Waals surface area contributed by atoms with Crippen molar-refractivity contribution >= 4 is 10.9 Å². The summed E-state index contributed by atoms with van der Waals surface area (Å²) in [5, 5.41) is 4.66. The van der Waals surface area contributed by atoms with Crippen molar-refractivity contribution in [2.24, 2.45) is 0 Å². The molecule has 0 bridgehead atoms. The number of fused-ring (bicyclic) bond motifs is 1. The Morgan fingerprint density at radius 1 is 1.19 bits per heavy atom. The fraction of sp³-hybridized carbons (Fsp3) is 0.500. The highest BCUT2D eigenvalue weighted by Gasteiger charge is 2.13. The predicted octanol–water partition coefficient (Wildman–Crippen LogP) is 3.51. The molecule has 1 aliphatic carbocycles. The van der Waals surface area contributed by atoms with Crippen molar-refractivity contribution in [2.45, 2.75) is 58.0 Å². The molecule has 3 heteroatoms.